The van der Waals surface area contributed by atoms with Crippen molar-refractivity contribution in [3.05, 3.63) is 29.6 Å². The number of nitrogens with one attached hydrogen (secondary N) is 1. The number of piperidine rings is 1. The summed E-state index contributed by atoms with van der Waals surface area (Å²) in [6.45, 7) is 0. The summed E-state index contributed by atoms with van der Waals surface area (Å²) in [5.41, 5.74) is -0.381. The molecule has 2 bridgehead atoms. The largest absolute Gasteiger partial charge is 0.493 e. The molecule has 0 aliphatic carbocycles. The van der Waals surface area contributed by atoms with Crippen LogP contribution in [-0.4, -0.2) is 24.3 Å². The first-order valence-electron chi connectivity index (χ1n) is 6.44. The van der Waals surface area contributed by atoms with Crippen LogP contribution in [0.25, 0.3) is 0 Å². The molecule has 1 aromatic carbocycles. The quantitative estimate of drug-likeness (QED) is 0.844. The van der Waals surface area contributed by atoms with E-state index in [0.29, 0.717) is 30.5 Å². The number of ether oxygens (including phenoxy) is 1. The van der Waals surface area contributed by atoms with Crippen LogP contribution in [0.3, 0.4) is 0 Å². The van der Waals surface area contributed by atoms with Gasteiger partial charge in [-0.1, -0.05) is 12.1 Å². The molecule has 4 heteroatoms. The highest BCUT2D eigenvalue weighted by molar-refractivity contribution is 5.40. The third-order valence-electron chi connectivity index (χ3n) is 4.18. The summed E-state index contributed by atoms with van der Waals surface area (Å²) < 4.78 is 18.9. The molecule has 98 valence electrons. The van der Waals surface area contributed by atoms with Crippen molar-refractivity contribution >= 4 is 0 Å². The van der Waals surface area contributed by atoms with Crippen LogP contribution >= 0.6 is 0 Å². The van der Waals surface area contributed by atoms with Gasteiger partial charge in [-0.2, -0.15) is 0 Å². The molecule has 1 aromatic rings. The van der Waals surface area contributed by atoms with Gasteiger partial charge >= 0.3 is 0 Å². The third kappa shape index (κ3) is 1.80. The van der Waals surface area contributed by atoms with Crippen LogP contribution in [0.5, 0.6) is 5.75 Å². The number of rotatable bonds is 2. The Bertz CT molecular complexity index is 451. The van der Waals surface area contributed by atoms with E-state index in [0.717, 1.165) is 12.8 Å². The van der Waals surface area contributed by atoms with Crippen molar-refractivity contribution in [1.29, 1.82) is 0 Å². The summed E-state index contributed by atoms with van der Waals surface area (Å²) in [5, 5.41) is 14.3. The first kappa shape index (κ1) is 11.9. The molecule has 2 saturated heterocycles. The molecule has 2 unspecified atom stereocenters. The van der Waals surface area contributed by atoms with Gasteiger partial charge in [0.2, 0.25) is 0 Å². The van der Waals surface area contributed by atoms with Crippen molar-refractivity contribution < 1.29 is 14.2 Å². The van der Waals surface area contributed by atoms with Gasteiger partial charge in [0.1, 0.15) is 0 Å². The van der Waals surface area contributed by atoms with Crippen molar-refractivity contribution in [3.8, 4) is 5.75 Å². The van der Waals surface area contributed by atoms with Crippen LogP contribution in [-0.2, 0) is 5.60 Å². The zero-order valence-corrected chi connectivity index (χ0v) is 10.4. The smallest absolute Gasteiger partial charge is 0.165 e. The monoisotopic (exact) mass is 251 g/mol. The van der Waals surface area contributed by atoms with Gasteiger partial charge in [0.15, 0.2) is 11.6 Å². The molecule has 2 heterocycles. The molecule has 0 aromatic heterocycles. The molecule has 0 amide bonds. The van der Waals surface area contributed by atoms with Crippen LogP contribution in [0, 0.1) is 5.82 Å². The second-order valence-electron chi connectivity index (χ2n) is 5.40. The average molecular weight is 251 g/mol. The van der Waals surface area contributed by atoms with E-state index in [4.69, 9.17) is 4.74 Å². The lowest BCUT2D eigenvalue weighted by atomic mass is 9.81. The summed E-state index contributed by atoms with van der Waals surface area (Å²) in [6.07, 6.45) is 3.43. The van der Waals surface area contributed by atoms with Crippen molar-refractivity contribution in [2.75, 3.05) is 7.11 Å². The lowest BCUT2D eigenvalue weighted by molar-refractivity contribution is -0.0136. The predicted octanol–water partition coefficient (Wildman–Crippen LogP) is 1.94. The third-order valence-corrected chi connectivity index (χ3v) is 4.18. The van der Waals surface area contributed by atoms with E-state index in [1.54, 1.807) is 12.1 Å². The van der Waals surface area contributed by atoms with Gasteiger partial charge in [0.25, 0.3) is 0 Å². The molecule has 18 heavy (non-hydrogen) atoms. The topological polar surface area (TPSA) is 41.5 Å². The normalized spacial score (nSPS) is 34.6. The Morgan fingerprint density at radius 2 is 2.00 bits per heavy atom. The summed E-state index contributed by atoms with van der Waals surface area (Å²) in [5.74, 6) is -0.226. The van der Waals surface area contributed by atoms with E-state index in [9.17, 15) is 9.50 Å². The highest BCUT2D eigenvalue weighted by Crippen LogP contribution is 2.44. The van der Waals surface area contributed by atoms with E-state index in [2.05, 4.69) is 5.32 Å². The number of methoxy groups -OCH3 is 1. The maximum atomic E-state index is 13.7. The average Bonchev–Trinajstić information content (AvgIpc) is 2.69. The highest BCUT2D eigenvalue weighted by Gasteiger charge is 2.45. The van der Waals surface area contributed by atoms with E-state index in [-0.39, 0.29) is 5.75 Å². The zero-order chi connectivity index (χ0) is 12.8. The Morgan fingerprint density at radius 1 is 1.33 bits per heavy atom. The second-order valence-corrected chi connectivity index (χ2v) is 5.40. The fourth-order valence-corrected chi connectivity index (χ4v) is 3.43. The number of aliphatic hydroxyl groups is 1. The number of hydrogen-bond donors (Lipinski definition) is 2. The first-order chi connectivity index (χ1) is 8.62. The number of halogens is 1. The van der Waals surface area contributed by atoms with Gasteiger partial charge in [-0.3, -0.25) is 0 Å². The molecule has 0 saturated carbocycles. The number of para-hydroxylation sites is 1. The molecule has 2 fully saturated rings. The van der Waals surface area contributed by atoms with Gasteiger partial charge < -0.3 is 15.2 Å². The van der Waals surface area contributed by atoms with E-state index in [1.807, 2.05) is 0 Å². The summed E-state index contributed by atoms with van der Waals surface area (Å²) in [4.78, 5) is 0. The van der Waals surface area contributed by atoms with Crippen LogP contribution in [0.15, 0.2) is 18.2 Å². The minimum atomic E-state index is -0.968. The molecular weight excluding hydrogens is 233 g/mol. The molecule has 3 rings (SSSR count). The summed E-state index contributed by atoms with van der Waals surface area (Å²) in [6, 6.07) is 5.44. The van der Waals surface area contributed by atoms with Gasteiger partial charge in [-0.05, 0) is 31.7 Å². The lowest BCUT2D eigenvalue weighted by Crippen LogP contribution is -2.46. The molecule has 2 N–H and O–H groups in total. The number of benzene rings is 1. The SMILES string of the molecule is COc1c(F)cccc1C1(O)CC2CCC(C1)N2. The van der Waals surface area contributed by atoms with Gasteiger partial charge in [-0.25, -0.2) is 4.39 Å². The Labute approximate surface area is 106 Å². The first-order valence-corrected chi connectivity index (χ1v) is 6.44. The lowest BCUT2D eigenvalue weighted by Gasteiger charge is -2.38. The molecular formula is C14H18FNO2. The molecule has 2 atom stereocenters. The van der Waals surface area contributed by atoms with Crippen LogP contribution in [0.2, 0.25) is 0 Å². The Kier molecular flexibility index (Phi) is 2.79. The zero-order valence-electron chi connectivity index (χ0n) is 10.4. The second kappa shape index (κ2) is 4.21. The standard InChI is InChI=1S/C14H18FNO2/c1-18-13-11(3-2-4-12(13)15)14(17)7-9-5-6-10(8-14)16-9/h2-4,9-10,16-17H,5-8H2,1H3. The number of hydrogen-bond acceptors (Lipinski definition) is 3. The number of fused-ring (bicyclic) bond motifs is 2. The van der Waals surface area contributed by atoms with Crippen molar-refractivity contribution in [2.45, 2.75) is 43.4 Å². The minimum absolute atomic E-state index is 0.182. The highest BCUT2D eigenvalue weighted by atomic mass is 19.1. The van der Waals surface area contributed by atoms with Gasteiger partial charge in [0.05, 0.1) is 12.7 Å². The Hall–Kier alpha value is -1.13. The van der Waals surface area contributed by atoms with Crippen LogP contribution in [0.4, 0.5) is 4.39 Å². The maximum Gasteiger partial charge on any atom is 0.165 e. The maximum absolute atomic E-state index is 13.7. The van der Waals surface area contributed by atoms with Crippen molar-refractivity contribution in [3.63, 3.8) is 0 Å². The van der Waals surface area contributed by atoms with Crippen molar-refractivity contribution in [2.24, 2.45) is 0 Å². The van der Waals surface area contributed by atoms with E-state index in [1.165, 1.54) is 13.2 Å². The summed E-state index contributed by atoms with van der Waals surface area (Å²) in [7, 11) is 1.45. The van der Waals surface area contributed by atoms with Crippen LogP contribution in [0.1, 0.15) is 31.2 Å². The van der Waals surface area contributed by atoms with Crippen LogP contribution < -0.4 is 10.1 Å². The van der Waals surface area contributed by atoms with Crippen molar-refractivity contribution in [1.82, 2.24) is 5.32 Å². The van der Waals surface area contributed by atoms with Gasteiger partial charge in [-0.15, -0.1) is 0 Å². The van der Waals surface area contributed by atoms with E-state index >= 15 is 0 Å². The molecule has 0 radical (unpaired) electrons. The minimum Gasteiger partial charge on any atom is -0.493 e. The summed E-state index contributed by atoms with van der Waals surface area (Å²) >= 11 is 0. The Balaban J connectivity index is 2.01. The molecule has 2 aliphatic rings. The molecule has 3 nitrogen and oxygen atoms in total. The van der Waals surface area contributed by atoms with Gasteiger partial charge in [0, 0.05) is 17.6 Å². The fourth-order valence-electron chi connectivity index (χ4n) is 3.43. The molecule has 0 spiro atoms. The molecule has 2 aliphatic heterocycles. The fraction of sp³-hybridized carbons (Fsp3) is 0.571. The Morgan fingerprint density at radius 3 is 2.61 bits per heavy atom. The van der Waals surface area contributed by atoms with E-state index < -0.39 is 11.4 Å². The predicted molar refractivity (Wildman–Crippen MR) is 66.0 cm³/mol.